The van der Waals surface area contributed by atoms with Gasteiger partial charge in [-0.25, -0.2) is 0 Å². The summed E-state index contributed by atoms with van der Waals surface area (Å²) in [7, 11) is 4.83. The summed E-state index contributed by atoms with van der Waals surface area (Å²) in [5.41, 5.74) is 1.97. The van der Waals surface area contributed by atoms with Crippen molar-refractivity contribution in [2.24, 2.45) is 0 Å². The summed E-state index contributed by atoms with van der Waals surface area (Å²) in [6.45, 7) is 1.11. The molecular weight excluding hydrogens is 384 g/mol. The number of hydrogen-bond acceptors (Lipinski definition) is 6. The molecule has 2 aliphatic heterocycles. The van der Waals surface area contributed by atoms with Gasteiger partial charge in [0.15, 0.2) is 23.0 Å². The van der Waals surface area contributed by atoms with Gasteiger partial charge in [-0.05, 0) is 18.2 Å². The van der Waals surface area contributed by atoms with Crippen molar-refractivity contribution < 1.29 is 23.7 Å². The van der Waals surface area contributed by atoms with Gasteiger partial charge in [-0.15, -0.1) is 0 Å². The van der Waals surface area contributed by atoms with Crippen LogP contribution in [0.4, 0.5) is 5.69 Å². The van der Waals surface area contributed by atoms with E-state index >= 15 is 0 Å². The van der Waals surface area contributed by atoms with Gasteiger partial charge >= 0.3 is 0 Å². The molecule has 7 nitrogen and oxygen atoms in total. The van der Waals surface area contributed by atoms with E-state index in [9.17, 15) is 4.79 Å². The molecule has 0 radical (unpaired) electrons. The molecule has 0 aromatic heterocycles. The smallest absolute Gasteiger partial charge is 0.257 e. The zero-order chi connectivity index (χ0) is 19.8. The van der Waals surface area contributed by atoms with Crippen molar-refractivity contribution in [2.75, 3.05) is 39.8 Å². The first-order chi connectivity index (χ1) is 13.5. The van der Waals surface area contributed by atoms with Crippen LogP contribution in [0.2, 0.25) is 5.02 Å². The molecule has 148 valence electrons. The van der Waals surface area contributed by atoms with Gasteiger partial charge in [0.25, 0.3) is 5.91 Å². The summed E-state index contributed by atoms with van der Waals surface area (Å²) < 4.78 is 22.2. The molecule has 0 aliphatic carbocycles. The van der Waals surface area contributed by atoms with Crippen LogP contribution >= 0.6 is 11.6 Å². The Morgan fingerprint density at radius 2 is 1.82 bits per heavy atom. The van der Waals surface area contributed by atoms with Crippen molar-refractivity contribution in [1.82, 2.24) is 4.90 Å². The summed E-state index contributed by atoms with van der Waals surface area (Å²) in [6.07, 6.45) is 0.364. The average molecular weight is 405 g/mol. The van der Waals surface area contributed by atoms with Crippen LogP contribution in [0.15, 0.2) is 24.3 Å². The van der Waals surface area contributed by atoms with E-state index in [4.69, 9.17) is 30.5 Å². The second-order valence-corrected chi connectivity index (χ2v) is 7.00. The Kier molecular flexibility index (Phi) is 4.85. The molecule has 4 rings (SSSR count). The number of carbonyl (C=O) groups is 1. The summed E-state index contributed by atoms with van der Waals surface area (Å²) in [5, 5.41) is 3.84. The lowest BCUT2D eigenvalue weighted by Crippen LogP contribution is -2.40. The third kappa shape index (κ3) is 3.05. The van der Waals surface area contributed by atoms with Crippen molar-refractivity contribution in [3.05, 3.63) is 40.4 Å². The molecular formula is C20H21ClN2O5. The Balaban J connectivity index is 1.75. The van der Waals surface area contributed by atoms with Gasteiger partial charge in [-0.1, -0.05) is 11.6 Å². The minimum absolute atomic E-state index is 0.136. The van der Waals surface area contributed by atoms with Gasteiger partial charge in [-0.2, -0.15) is 0 Å². The molecule has 0 bridgehead atoms. The molecule has 1 atom stereocenters. The predicted molar refractivity (Wildman–Crippen MR) is 105 cm³/mol. The highest BCUT2D eigenvalue weighted by Crippen LogP contribution is 2.43. The summed E-state index contributed by atoms with van der Waals surface area (Å²) in [4.78, 5) is 14.6. The van der Waals surface area contributed by atoms with Crippen molar-refractivity contribution in [1.29, 1.82) is 0 Å². The second-order valence-electron chi connectivity index (χ2n) is 6.60. The third-order valence-electron chi connectivity index (χ3n) is 4.89. The summed E-state index contributed by atoms with van der Waals surface area (Å²) >= 11 is 6.44. The zero-order valence-corrected chi connectivity index (χ0v) is 16.6. The molecule has 0 fully saturated rings. The maximum absolute atomic E-state index is 13.0. The first-order valence-corrected chi connectivity index (χ1v) is 9.30. The Morgan fingerprint density at radius 1 is 1.11 bits per heavy atom. The normalized spacial score (nSPS) is 18.1. The molecule has 8 heteroatoms. The Morgan fingerprint density at radius 3 is 2.57 bits per heavy atom. The summed E-state index contributed by atoms with van der Waals surface area (Å²) in [6, 6.07) is 7.09. The monoisotopic (exact) mass is 404 g/mol. The number of anilines is 1. The van der Waals surface area contributed by atoms with Gasteiger partial charge < -0.3 is 29.2 Å². The van der Waals surface area contributed by atoms with Gasteiger partial charge in [0.2, 0.25) is 0 Å². The highest BCUT2D eigenvalue weighted by molar-refractivity contribution is 6.32. The number of fused-ring (bicyclic) bond motifs is 2. The molecule has 28 heavy (non-hydrogen) atoms. The number of hydrogen-bond donors (Lipinski definition) is 1. The predicted octanol–water partition coefficient (Wildman–Crippen LogP) is 3.71. The maximum atomic E-state index is 13.0. The first kappa shape index (κ1) is 18.6. The van der Waals surface area contributed by atoms with Crippen LogP contribution in [-0.4, -0.2) is 45.3 Å². The summed E-state index contributed by atoms with van der Waals surface area (Å²) in [5.74, 6) is 2.03. The molecule has 0 saturated carbocycles. The quantitative estimate of drug-likeness (QED) is 0.840. The van der Waals surface area contributed by atoms with Crippen LogP contribution in [0.25, 0.3) is 0 Å². The molecule has 2 aromatic rings. The second kappa shape index (κ2) is 7.31. The number of amides is 1. The fourth-order valence-electron chi connectivity index (χ4n) is 3.44. The molecule has 0 spiro atoms. The topological polar surface area (TPSA) is 69.3 Å². The van der Waals surface area contributed by atoms with E-state index in [0.717, 1.165) is 12.0 Å². The fraction of sp³-hybridized carbons (Fsp3) is 0.350. The van der Waals surface area contributed by atoms with Crippen molar-refractivity contribution in [3.63, 3.8) is 0 Å². The number of benzene rings is 2. The van der Waals surface area contributed by atoms with Crippen LogP contribution < -0.4 is 24.3 Å². The number of halogens is 1. The van der Waals surface area contributed by atoms with Gasteiger partial charge in [0.1, 0.15) is 6.17 Å². The lowest BCUT2D eigenvalue weighted by molar-refractivity contribution is 0.0734. The van der Waals surface area contributed by atoms with Crippen LogP contribution in [0.5, 0.6) is 23.0 Å². The van der Waals surface area contributed by atoms with Gasteiger partial charge in [0.05, 0.1) is 43.7 Å². The fourth-order valence-corrected chi connectivity index (χ4v) is 3.72. The van der Waals surface area contributed by atoms with Crippen LogP contribution in [-0.2, 0) is 0 Å². The number of nitrogens with zero attached hydrogens (tertiary/aromatic N) is 1. The number of rotatable bonds is 3. The molecule has 1 unspecified atom stereocenters. The van der Waals surface area contributed by atoms with Crippen molar-refractivity contribution in [2.45, 2.75) is 12.6 Å². The van der Waals surface area contributed by atoms with E-state index in [0.29, 0.717) is 52.5 Å². The van der Waals surface area contributed by atoms with E-state index in [-0.39, 0.29) is 5.91 Å². The molecule has 2 aliphatic rings. The van der Waals surface area contributed by atoms with E-state index < -0.39 is 6.17 Å². The van der Waals surface area contributed by atoms with E-state index in [1.165, 1.54) is 7.11 Å². The molecule has 2 aromatic carbocycles. The highest BCUT2D eigenvalue weighted by Gasteiger charge is 2.33. The number of nitrogens with one attached hydrogen (secondary N) is 1. The molecule has 2 heterocycles. The highest BCUT2D eigenvalue weighted by atomic mass is 35.5. The van der Waals surface area contributed by atoms with Crippen molar-refractivity contribution in [3.8, 4) is 23.0 Å². The number of carbonyl (C=O) groups excluding carboxylic acids is 1. The molecule has 1 amide bonds. The van der Waals surface area contributed by atoms with E-state index in [1.54, 1.807) is 37.3 Å². The third-order valence-corrected chi connectivity index (χ3v) is 5.17. The van der Waals surface area contributed by atoms with Crippen LogP contribution in [0.3, 0.4) is 0 Å². The van der Waals surface area contributed by atoms with Gasteiger partial charge in [0, 0.05) is 25.1 Å². The SMILES string of the molecule is COc1cc2c(cc1OC)C(=O)N(C)C(c1cc(Cl)c3c(c1)OCCCO3)N2. The average Bonchev–Trinajstić information content (AvgIpc) is 2.95. The van der Waals surface area contributed by atoms with Gasteiger partial charge in [-0.3, -0.25) is 4.79 Å². The minimum atomic E-state index is -0.423. The maximum Gasteiger partial charge on any atom is 0.257 e. The molecule has 0 saturated heterocycles. The largest absolute Gasteiger partial charge is 0.493 e. The first-order valence-electron chi connectivity index (χ1n) is 8.92. The van der Waals surface area contributed by atoms with Crippen LogP contribution in [0.1, 0.15) is 28.5 Å². The number of ether oxygens (including phenoxy) is 4. The lowest BCUT2D eigenvalue weighted by atomic mass is 10.0. The van der Waals surface area contributed by atoms with Crippen LogP contribution in [0, 0.1) is 0 Å². The standard InChI is InChI=1S/C20H21ClN2O5/c1-23-19(11-7-13(21)18-17(8-11)27-5-4-6-28-18)22-14-10-16(26-3)15(25-2)9-12(14)20(23)24/h7-10,19,22H,4-6H2,1-3H3. The Bertz CT molecular complexity index is 933. The van der Waals surface area contributed by atoms with E-state index in [2.05, 4.69) is 5.32 Å². The number of methoxy groups -OCH3 is 2. The minimum Gasteiger partial charge on any atom is -0.493 e. The van der Waals surface area contributed by atoms with E-state index in [1.807, 2.05) is 6.07 Å². The molecule has 1 N–H and O–H groups in total. The Labute approximate surface area is 168 Å². The van der Waals surface area contributed by atoms with Crippen molar-refractivity contribution >= 4 is 23.2 Å². The lowest BCUT2D eigenvalue weighted by Gasteiger charge is -2.36. The zero-order valence-electron chi connectivity index (χ0n) is 15.9. The Hall–Kier alpha value is -2.80.